The molecule has 0 atom stereocenters. The van der Waals surface area contributed by atoms with E-state index >= 15 is 0 Å². The molecule has 1 aromatic rings. The highest BCUT2D eigenvalue weighted by molar-refractivity contribution is 7.89. The summed E-state index contributed by atoms with van der Waals surface area (Å²) in [6, 6.07) is 0. The molecule has 0 unspecified atom stereocenters. The Kier molecular flexibility index (Phi) is 4.39. The molecule has 0 amide bonds. The summed E-state index contributed by atoms with van der Waals surface area (Å²) in [5, 5.41) is 6.55. The van der Waals surface area contributed by atoms with Crippen LogP contribution < -0.4 is 5.73 Å². The van der Waals surface area contributed by atoms with Gasteiger partial charge in [-0.2, -0.15) is 9.40 Å². The number of nitrogens with one attached hydrogen (secondary N) is 1. The van der Waals surface area contributed by atoms with Crippen LogP contribution in [0.3, 0.4) is 0 Å². The molecule has 0 aromatic carbocycles. The van der Waals surface area contributed by atoms with Crippen molar-refractivity contribution in [3.63, 3.8) is 0 Å². The molecule has 1 heterocycles. The van der Waals surface area contributed by atoms with E-state index in [0.29, 0.717) is 24.6 Å². The van der Waals surface area contributed by atoms with Gasteiger partial charge in [0.05, 0.1) is 12.3 Å². The zero-order valence-electron chi connectivity index (χ0n) is 9.47. The van der Waals surface area contributed by atoms with Crippen LogP contribution in [0, 0.1) is 6.92 Å². The zero-order valence-corrected chi connectivity index (χ0v) is 10.3. The van der Waals surface area contributed by atoms with Crippen molar-refractivity contribution in [1.82, 2.24) is 19.5 Å². The Bertz CT molecular complexity index is 427. The second-order valence-corrected chi connectivity index (χ2v) is 5.75. The SMILES string of the molecule is Cc1nc(CN(C)S(=O)(=O)CCCN)n[nH]1. The van der Waals surface area contributed by atoms with Crippen LogP contribution in [-0.4, -0.2) is 47.2 Å². The highest BCUT2D eigenvalue weighted by Gasteiger charge is 2.18. The molecule has 0 spiro atoms. The Morgan fingerprint density at radius 2 is 2.19 bits per heavy atom. The van der Waals surface area contributed by atoms with Crippen molar-refractivity contribution in [3.8, 4) is 0 Å². The fourth-order valence-electron chi connectivity index (χ4n) is 1.18. The van der Waals surface area contributed by atoms with Gasteiger partial charge in [0.1, 0.15) is 5.82 Å². The number of hydrogen-bond acceptors (Lipinski definition) is 5. The lowest BCUT2D eigenvalue weighted by molar-refractivity contribution is 0.456. The van der Waals surface area contributed by atoms with Crippen LogP contribution in [0.15, 0.2) is 0 Å². The highest BCUT2D eigenvalue weighted by atomic mass is 32.2. The van der Waals surface area contributed by atoms with Gasteiger partial charge in [-0.25, -0.2) is 13.4 Å². The third-order valence-electron chi connectivity index (χ3n) is 2.09. The minimum atomic E-state index is -3.25. The number of aromatic amines is 1. The quantitative estimate of drug-likeness (QED) is 0.686. The average Bonchev–Trinajstić information content (AvgIpc) is 2.61. The molecular weight excluding hydrogens is 230 g/mol. The summed E-state index contributed by atoms with van der Waals surface area (Å²) in [6.45, 7) is 2.31. The fourth-order valence-corrected chi connectivity index (χ4v) is 2.33. The molecule has 0 aliphatic rings. The normalized spacial score (nSPS) is 12.2. The van der Waals surface area contributed by atoms with Crippen LogP contribution in [-0.2, 0) is 16.6 Å². The van der Waals surface area contributed by atoms with Crippen molar-refractivity contribution in [2.24, 2.45) is 5.73 Å². The van der Waals surface area contributed by atoms with Crippen molar-refractivity contribution in [3.05, 3.63) is 11.6 Å². The number of aromatic nitrogens is 3. The predicted molar refractivity (Wildman–Crippen MR) is 60.0 cm³/mol. The van der Waals surface area contributed by atoms with Crippen LogP contribution in [0.1, 0.15) is 18.1 Å². The fraction of sp³-hybridized carbons (Fsp3) is 0.750. The first-order chi connectivity index (χ1) is 7.45. The summed E-state index contributed by atoms with van der Waals surface area (Å²) in [6.07, 6.45) is 0.458. The van der Waals surface area contributed by atoms with E-state index in [-0.39, 0.29) is 12.3 Å². The number of aryl methyl sites for hydroxylation is 1. The molecule has 0 saturated heterocycles. The predicted octanol–water partition coefficient (Wildman–Crippen LogP) is -0.776. The van der Waals surface area contributed by atoms with E-state index in [1.807, 2.05) is 0 Å². The average molecular weight is 247 g/mol. The zero-order chi connectivity index (χ0) is 12.2. The first-order valence-corrected chi connectivity index (χ1v) is 6.58. The minimum absolute atomic E-state index is 0.0589. The lowest BCUT2D eigenvalue weighted by Crippen LogP contribution is -2.30. The molecular formula is C8H17N5O2S. The van der Waals surface area contributed by atoms with E-state index in [4.69, 9.17) is 5.73 Å². The molecule has 0 saturated carbocycles. The van der Waals surface area contributed by atoms with E-state index in [9.17, 15) is 8.42 Å². The molecule has 8 heteroatoms. The molecule has 0 radical (unpaired) electrons. The van der Waals surface area contributed by atoms with Crippen molar-refractivity contribution >= 4 is 10.0 Å². The summed E-state index contributed by atoms with van der Waals surface area (Å²) in [5.74, 6) is 1.20. The maximum absolute atomic E-state index is 11.7. The lowest BCUT2D eigenvalue weighted by atomic mass is 10.5. The van der Waals surface area contributed by atoms with Gasteiger partial charge in [-0.05, 0) is 19.9 Å². The van der Waals surface area contributed by atoms with E-state index in [2.05, 4.69) is 15.2 Å². The summed E-state index contributed by atoms with van der Waals surface area (Å²) in [5.41, 5.74) is 5.28. The van der Waals surface area contributed by atoms with Crippen LogP contribution >= 0.6 is 0 Å². The van der Waals surface area contributed by atoms with E-state index in [1.165, 1.54) is 11.4 Å². The highest BCUT2D eigenvalue weighted by Crippen LogP contribution is 2.04. The summed E-state index contributed by atoms with van der Waals surface area (Å²) < 4.78 is 24.7. The van der Waals surface area contributed by atoms with Crippen LogP contribution in [0.5, 0.6) is 0 Å². The molecule has 7 nitrogen and oxygen atoms in total. The molecule has 1 aromatic heterocycles. The first-order valence-electron chi connectivity index (χ1n) is 4.97. The number of nitrogens with zero attached hydrogens (tertiary/aromatic N) is 3. The van der Waals surface area contributed by atoms with Gasteiger partial charge < -0.3 is 5.73 Å². The van der Waals surface area contributed by atoms with Gasteiger partial charge >= 0.3 is 0 Å². The topological polar surface area (TPSA) is 105 Å². The Morgan fingerprint density at radius 3 is 2.69 bits per heavy atom. The maximum atomic E-state index is 11.7. The molecule has 16 heavy (non-hydrogen) atoms. The molecule has 3 N–H and O–H groups in total. The number of rotatable bonds is 6. The van der Waals surface area contributed by atoms with Gasteiger partial charge in [-0.15, -0.1) is 0 Å². The van der Waals surface area contributed by atoms with Crippen LogP contribution in [0.4, 0.5) is 0 Å². The van der Waals surface area contributed by atoms with Crippen LogP contribution in [0.25, 0.3) is 0 Å². The van der Waals surface area contributed by atoms with Gasteiger partial charge in [-0.1, -0.05) is 0 Å². The number of nitrogens with two attached hydrogens (primary N) is 1. The van der Waals surface area contributed by atoms with Gasteiger partial charge in [0.2, 0.25) is 10.0 Å². The van der Waals surface area contributed by atoms with Gasteiger partial charge in [0.15, 0.2) is 5.82 Å². The Balaban J connectivity index is 2.61. The van der Waals surface area contributed by atoms with Crippen LogP contribution in [0.2, 0.25) is 0 Å². The Morgan fingerprint density at radius 1 is 1.50 bits per heavy atom. The van der Waals surface area contributed by atoms with Gasteiger partial charge in [0.25, 0.3) is 0 Å². The standard InChI is InChI=1S/C8H17N5O2S/c1-7-10-8(12-11-7)6-13(2)16(14,15)5-3-4-9/h3-6,9H2,1-2H3,(H,10,11,12). The van der Waals surface area contributed by atoms with E-state index < -0.39 is 10.0 Å². The van der Waals surface area contributed by atoms with E-state index in [0.717, 1.165) is 0 Å². The summed E-state index contributed by atoms with van der Waals surface area (Å²) in [4.78, 5) is 4.05. The smallest absolute Gasteiger partial charge is 0.214 e. The second-order valence-electron chi connectivity index (χ2n) is 3.55. The molecule has 0 fully saturated rings. The molecule has 1 rings (SSSR count). The third kappa shape index (κ3) is 3.54. The van der Waals surface area contributed by atoms with Crippen molar-refractivity contribution in [1.29, 1.82) is 0 Å². The van der Waals surface area contributed by atoms with E-state index in [1.54, 1.807) is 6.92 Å². The Hall–Kier alpha value is -0.990. The van der Waals surface area contributed by atoms with Gasteiger partial charge in [-0.3, -0.25) is 5.10 Å². The maximum Gasteiger partial charge on any atom is 0.214 e. The number of H-pyrrole nitrogens is 1. The number of sulfonamides is 1. The Labute approximate surface area is 95.1 Å². The van der Waals surface area contributed by atoms with Crippen molar-refractivity contribution < 1.29 is 8.42 Å². The first kappa shape index (κ1) is 13.1. The van der Waals surface area contributed by atoms with Gasteiger partial charge in [0, 0.05) is 7.05 Å². The molecule has 92 valence electrons. The minimum Gasteiger partial charge on any atom is -0.330 e. The monoisotopic (exact) mass is 247 g/mol. The largest absolute Gasteiger partial charge is 0.330 e. The summed E-state index contributed by atoms with van der Waals surface area (Å²) >= 11 is 0. The summed E-state index contributed by atoms with van der Waals surface area (Å²) in [7, 11) is -1.74. The molecule has 0 aliphatic heterocycles. The molecule has 0 aliphatic carbocycles. The third-order valence-corrected chi connectivity index (χ3v) is 3.97. The van der Waals surface area contributed by atoms with Crippen molar-refractivity contribution in [2.75, 3.05) is 19.3 Å². The molecule has 0 bridgehead atoms. The lowest BCUT2D eigenvalue weighted by Gasteiger charge is -2.14. The second kappa shape index (κ2) is 5.37. The number of hydrogen-bond donors (Lipinski definition) is 2. The van der Waals surface area contributed by atoms with Crippen molar-refractivity contribution in [2.45, 2.75) is 19.9 Å².